The second-order valence-corrected chi connectivity index (χ2v) is 4.65. The highest BCUT2D eigenvalue weighted by atomic mass is 16.6. The Morgan fingerprint density at radius 1 is 1.05 bits per heavy atom. The second kappa shape index (κ2) is 5.48. The molecule has 0 bridgehead atoms. The summed E-state index contributed by atoms with van der Waals surface area (Å²) in [7, 11) is 0. The number of benzene rings is 1. The minimum atomic E-state index is 0.139. The SMILES string of the molecule is O=C(Cc1ccc2c(c1)OCCO2)N1CCOCC1. The van der Waals surface area contributed by atoms with Gasteiger partial charge in [0.05, 0.1) is 19.6 Å². The van der Waals surface area contributed by atoms with Crippen molar-refractivity contribution in [3.05, 3.63) is 23.8 Å². The van der Waals surface area contributed by atoms with Gasteiger partial charge in [0, 0.05) is 13.1 Å². The van der Waals surface area contributed by atoms with Crippen molar-refractivity contribution >= 4 is 5.91 Å². The van der Waals surface area contributed by atoms with Crippen molar-refractivity contribution in [3.63, 3.8) is 0 Å². The van der Waals surface area contributed by atoms with Crippen LogP contribution in [0.2, 0.25) is 0 Å². The van der Waals surface area contributed by atoms with Crippen molar-refractivity contribution in [2.75, 3.05) is 39.5 Å². The van der Waals surface area contributed by atoms with Gasteiger partial charge in [0.1, 0.15) is 13.2 Å². The van der Waals surface area contributed by atoms with Gasteiger partial charge in [-0.1, -0.05) is 6.07 Å². The first-order chi connectivity index (χ1) is 9.33. The van der Waals surface area contributed by atoms with Crippen LogP contribution in [0.5, 0.6) is 11.5 Å². The summed E-state index contributed by atoms with van der Waals surface area (Å²) in [5.74, 6) is 1.63. The maximum absolute atomic E-state index is 12.1. The molecule has 2 aliphatic rings. The fourth-order valence-electron chi connectivity index (χ4n) is 2.30. The summed E-state index contributed by atoms with van der Waals surface area (Å²) >= 11 is 0. The highest BCUT2D eigenvalue weighted by molar-refractivity contribution is 5.79. The van der Waals surface area contributed by atoms with Crippen LogP contribution < -0.4 is 9.47 Å². The van der Waals surface area contributed by atoms with Crippen LogP contribution in [0.1, 0.15) is 5.56 Å². The molecule has 0 aromatic heterocycles. The summed E-state index contributed by atoms with van der Waals surface area (Å²) in [6, 6.07) is 5.69. The zero-order chi connectivity index (χ0) is 13.1. The van der Waals surface area contributed by atoms with Crippen LogP contribution in [0.15, 0.2) is 18.2 Å². The smallest absolute Gasteiger partial charge is 0.227 e. The van der Waals surface area contributed by atoms with Gasteiger partial charge in [-0.3, -0.25) is 4.79 Å². The molecule has 2 heterocycles. The molecule has 0 aliphatic carbocycles. The fourth-order valence-corrected chi connectivity index (χ4v) is 2.30. The van der Waals surface area contributed by atoms with Gasteiger partial charge in [-0.2, -0.15) is 0 Å². The number of hydrogen-bond acceptors (Lipinski definition) is 4. The standard InChI is InChI=1S/C14H17NO4/c16-14(15-3-5-17-6-4-15)10-11-1-2-12-13(9-11)19-8-7-18-12/h1-2,9H,3-8,10H2. The van der Waals surface area contributed by atoms with Crippen molar-refractivity contribution in [1.29, 1.82) is 0 Å². The number of carbonyl (C=O) groups excluding carboxylic acids is 1. The third-order valence-electron chi connectivity index (χ3n) is 3.33. The summed E-state index contributed by atoms with van der Waals surface area (Å²) in [6.45, 7) is 3.78. The van der Waals surface area contributed by atoms with E-state index < -0.39 is 0 Å². The zero-order valence-electron chi connectivity index (χ0n) is 10.8. The van der Waals surface area contributed by atoms with E-state index in [9.17, 15) is 4.79 Å². The van der Waals surface area contributed by atoms with Crippen LogP contribution >= 0.6 is 0 Å². The maximum Gasteiger partial charge on any atom is 0.227 e. The Morgan fingerprint density at radius 2 is 1.79 bits per heavy atom. The van der Waals surface area contributed by atoms with E-state index in [2.05, 4.69) is 0 Å². The van der Waals surface area contributed by atoms with E-state index in [4.69, 9.17) is 14.2 Å². The van der Waals surface area contributed by atoms with E-state index in [1.54, 1.807) is 0 Å². The molecule has 1 aromatic carbocycles. The Morgan fingerprint density at radius 3 is 2.58 bits per heavy atom. The molecule has 5 heteroatoms. The van der Waals surface area contributed by atoms with Crippen LogP contribution in [0.3, 0.4) is 0 Å². The van der Waals surface area contributed by atoms with E-state index in [0.29, 0.717) is 45.9 Å². The molecule has 1 fully saturated rings. The van der Waals surface area contributed by atoms with Crippen molar-refractivity contribution < 1.29 is 19.0 Å². The molecule has 0 spiro atoms. The molecule has 1 amide bonds. The second-order valence-electron chi connectivity index (χ2n) is 4.65. The van der Waals surface area contributed by atoms with Gasteiger partial charge in [-0.05, 0) is 17.7 Å². The normalized spacial score (nSPS) is 18.2. The number of ether oxygens (including phenoxy) is 3. The molecule has 19 heavy (non-hydrogen) atoms. The molecular formula is C14H17NO4. The maximum atomic E-state index is 12.1. The van der Waals surface area contributed by atoms with Crippen LogP contribution in [-0.4, -0.2) is 50.3 Å². The molecule has 0 N–H and O–H groups in total. The number of carbonyl (C=O) groups is 1. The van der Waals surface area contributed by atoms with Crippen molar-refractivity contribution in [2.45, 2.75) is 6.42 Å². The summed E-state index contributed by atoms with van der Waals surface area (Å²) in [4.78, 5) is 14.0. The van der Waals surface area contributed by atoms with Gasteiger partial charge < -0.3 is 19.1 Å². The van der Waals surface area contributed by atoms with E-state index >= 15 is 0 Å². The minimum Gasteiger partial charge on any atom is -0.486 e. The highest BCUT2D eigenvalue weighted by Crippen LogP contribution is 2.30. The molecule has 0 unspecified atom stereocenters. The number of rotatable bonds is 2. The van der Waals surface area contributed by atoms with Crippen LogP contribution in [0, 0.1) is 0 Å². The van der Waals surface area contributed by atoms with Gasteiger partial charge in [0.2, 0.25) is 5.91 Å². The average Bonchev–Trinajstić information content (AvgIpc) is 2.48. The van der Waals surface area contributed by atoms with Gasteiger partial charge in [-0.15, -0.1) is 0 Å². The fraction of sp³-hybridized carbons (Fsp3) is 0.500. The molecule has 5 nitrogen and oxygen atoms in total. The zero-order valence-corrected chi connectivity index (χ0v) is 10.8. The lowest BCUT2D eigenvalue weighted by atomic mass is 10.1. The van der Waals surface area contributed by atoms with E-state index in [-0.39, 0.29) is 5.91 Å². The summed E-state index contributed by atoms with van der Waals surface area (Å²) in [5.41, 5.74) is 0.959. The minimum absolute atomic E-state index is 0.139. The predicted octanol–water partition coefficient (Wildman–Crippen LogP) is 0.859. The largest absolute Gasteiger partial charge is 0.486 e. The molecule has 1 aromatic rings. The number of fused-ring (bicyclic) bond motifs is 1. The molecule has 102 valence electrons. The molecule has 0 radical (unpaired) electrons. The van der Waals surface area contributed by atoms with E-state index in [1.165, 1.54) is 0 Å². The number of morpholine rings is 1. The molecular weight excluding hydrogens is 246 g/mol. The Balaban J connectivity index is 1.67. The number of hydrogen-bond donors (Lipinski definition) is 0. The number of nitrogens with zero attached hydrogens (tertiary/aromatic N) is 1. The lowest BCUT2D eigenvalue weighted by Crippen LogP contribution is -2.41. The lowest BCUT2D eigenvalue weighted by molar-refractivity contribution is -0.134. The van der Waals surface area contributed by atoms with Crippen molar-refractivity contribution in [1.82, 2.24) is 4.90 Å². The highest BCUT2D eigenvalue weighted by Gasteiger charge is 2.18. The molecule has 0 atom stereocenters. The summed E-state index contributed by atoms with van der Waals surface area (Å²) < 4.78 is 16.2. The van der Waals surface area contributed by atoms with E-state index in [1.807, 2.05) is 23.1 Å². The van der Waals surface area contributed by atoms with Gasteiger partial charge in [-0.25, -0.2) is 0 Å². The molecule has 2 aliphatic heterocycles. The third kappa shape index (κ3) is 2.81. The predicted molar refractivity (Wildman–Crippen MR) is 68.5 cm³/mol. The first-order valence-corrected chi connectivity index (χ1v) is 6.57. The van der Waals surface area contributed by atoms with Crippen LogP contribution in [-0.2, 0) is 16.0 Å². The van der Waals surface area contributed by atoms with Crippen LogP contribution in [0.4, 0.5) is 0 Å². The van der Waals surface area contributed by atoms with Crippen molar-refractivity contribution in [2.24, 2.45) is 0 Å². The molecule has 3 rings (SSSR count). The Bertz CT molecular complexity index is 469. The van der Waals surface area contributed by atoms with Gasteiger partial charge >= 0.3 is 0 Å². The van der Waals surface area contributed by atoms with Crippen LogP contribution in [0.25, 0.3) is 0 Å². The third-order valence-corrected chi connectivity index (χ3v) is 3.33. The summed E-state index contributed by atoms with van der Waals surface area (Å²) in [6.07, 6.45) is 0.399. The monoisotopic (exact) mass is 263 g/mol. The molecule has 0 saturated carbocycles. The Kier molecular flexibility index (Phi) is 3.55. The Hall–Kier alpha value is -1.75. The number of amides is 1. The quantitative estimate of drug-likeness (QED) is 0.794. The molecule has 1 saturated heterocycles. The Labute approximate surface area is 112 Å². The van der Waals surface area contributed by atoms with E-state index in [0.717, 1.165) is 17.1 Å². The van der Waals surface area contributed by atoms with Gasteiger partial charge in [0.25, 0.3) is 0 Å². The van der Waals surface area contributed by atoms with Gasteiger partial charge in [0.15, 0.2) is 11.5 Å². The van der Waals surface area contributed by atoms with Crippen molar-refractivity contribution in [3.8, 4) is 11.5 Å². The summed E-state index contributed by atoms with van der Waals surface area (Å²) in [5, 5.41) is 0. The average molecular weight is 263 g/mol. The topological polar surface area (TPSA) is 48.0 Å². The first kappa shape index (κ1) is 12.3. The first-order valence-electron chi connectivity index (χ1n) is 6.57. The lowest BCUT2D eigenvalue weighted by Gasteiger charge is -2.27.